The summed E-state index contributed by atoms with van der Waals surface area (Å²) in [6, 6.07) is 1.36. The van der Waals surface area contributed by atoms with Crippen molar-refractivity contribution in [2.75, 3.05) is 0 Å². The molecule has 7 heteroatoms. The predicted molar refractivity (Wildman–Crippen MR) is 73.9 cm³/mol. The number of nitrogens with two attached hydrogens (primary N) is 1. The standard InChI is InChI=1S/C13H18N4O3/c1-8-6-10(18)9(7-15-8)11(19)16-13(12(14)17-20)4-2-3-5-13/h6-7,20H,2-5H2,1H3,(H2,14,17)(H,15,18)(H,16,19). The number of amides is 1. The number of carbonyl (C=O) groups is 1. The van der Waals surface area contributed by atoms with Crippen molar-refractivity contribution in [3.63, 3.8) is 0 Å². The first-order valence-electron chi connectivity index (χ1n) is 6.48. The number of pyridine rings is 1. The van der Waals surface area contributed by atoms with Gasteiger partial charge >= 0.3 is 0 Å². The van der Waals surface area contributed by atoms with Crippen LogP contribution >= 0.6 is 0 Å². The van der Waals surface area contributed by atoms with E-state index in [-0.39, 0.29) is 16.8 Å². The van der Waals surface area contributed by atoms with Gasteiger partial charge < -0.3 is 21.2 Å². The van der Waals surface area contributed by atoms with E-state index in [1.807, 2.05) is 0 Å². The van der Waals surface area contributed by atoms with Crippen LogP contribution in [-0.2, 0) is 0 Å². The number of hydrogen-bond acceptors (Lipinski definition) is 4. The molecule has 1 amide bonds. The van der Waals surface area contributed by atoms with Gasteiger partial charge in [0.05, 0.1) is 0 Å². The van der Waals surface area contributed by atoms with Gasteiger partial charge in [0.15, 0.2) is 11.3 Å². The largest absolute Gasteiger partial charge is 0.409 e. The molecule has 20 heavy (non-hydrogen) atoms. The number of hydrogen-bond donors (Lipinski definition) is 4. The number of nitrogens with zero attached hydrogens (tertiary/aromatic N) is 1. The molecule has 1 fully saturated rings. The van der Waals surface area contributed by atoms with E-state index in [1.54, 1.807) is 6.92 Å². The number of H-pyrrole nitrogens is 1. The first-order valence-corrected chi connectivity index (χ1v) is 6.48. The first-order chi connectivity index (χ1) is 9.48. The lowest BCUT2D eigenvalue weighted by atomic mass is 9.95. The van der Waals surface area contributed by atoms with Crippen LogP contribution in [0.25, 0.3) is 0 Å². The molecule has 0 saturated heterocycles. The van der Waals surface area contributed by atoms with E-state index in [0.717, 1.165) is 12.8 Å². The molecule has 1 saturated carbocycles. The minimum atomic E-state index is -0.858. The van der Waals surface area contributed by atoms with Crippen molar-refractivity contribution in [3.8, 4) is 0 Å². The Hall–Kier alpha value is -2.31. The van der Waals surface area contributed by atoms with Gasteiger partial charge in [-0.2, -0.15) is 0 Å². The fraction of sp³-hybridized carbons (Fsp3) is 0.462. The molecule has 1 aromatic heterocycles. The Morgan fingerprint density at radius 3 is 2.70 bits per heavy atom. The third-order valence-corrected chi connectivity index (χ3v) is 3.71. The Balaban J connectivity index is 2.28. The topological polar surface area (TPSA) is 121 Å². The minimum Gasteiger partial charge on any atom is -0.409 e. The maximum absolute atomic E-state index is 12.2. The molecule has 0 aliphatic heterocycles. The third kappa shape index (κ3) is 2.52. The molecular weight excluding hydrogens is 260 g/mol. The van der Waals surface area contributed by atoms with Crippen LogP contribution in [0.15, 0.2) is 22.2 Å². The van der Waals surface area contributed by atoms with E-state index in [4.69, 9.17) is 10.9 Å². The number of amidine groups is 1. The molecule has 2 rings (SSSR count). The van der Waals surface area contributed by atoms with Gasteiger partial charge in [0.25, 0.3) is 5.91 Å². The highest BCUT2D eigenvalue weighted by Gasteiger charge is 2.40. The van der Waals surface area contributed by atoms with Crippen molar-refractivity contribution in [2.24, 2.45) is 10.9 Å². The van der Waals surface area contributed by atoms with Crippen LogP contribution in [0.3, 0.4) is 0 Å². The third-order valence-electron chi connectivity index (χ3n) is 3.71. The minimum absolute atomic E-state index is 0.0209. The molecule has 108 valence electrons. The van der Waals surface area contributed by atoms with Crippen molar-refractivity contribution in [1.29, 1.82) is 0 Å². The lowest BCUT2D eigenvalue weighted by Gasteiger charge is -2.28. The summed E-state index contributed by atoms with van der Waals surface area (Å²) in [6.45, 7) is 1.73. The van der Waals surface area contributed by atoms with Crippen LogP contribution in [0, 0.1) is 6.92 Å². The van der Waals surface area contributed by atoms with Gasteiger partial charge in [-0.15, -0.1) is 0 Å². The van der Waals surface area contributed by atoms with Crippen molar-refractivity contribution in [2.45, 2.75) is 38.1 Å². The molecule has 0 unspecified atom stereocenters. The van der Waals surface area contributed by atoms with Gasteiger partial charge in [0.2, 0.25) is 0 Å². The number of aryl methyl sites for hydroxylation is 1. The van der Waals surface area contributed by atoms with Crippen LogP contribution < -0.4 is 16.5 Å². The van der Waals surface area contributed by atoms with E-state index < -0.39 is 11.4 Å². The van der Waals surface area contributed by atoms with Crippen molar-refractivity contribution < 1.29 is 10.0 Å². The molecule has 1 aliphatic carbocycles. The van der Waals surface area contributed by atoms with Gasteiger partial charge in [0, 0.05) is 18.0 Å². The van der Waals surface area contributed by atoms with E-state index in [9.17, 15) is 9.59 Å². The molecular formula is C13H18N4O3. The molecule has 1 aromatic rings. The van der Waals surface area contributed by atoms with Gasteiger partial charge in [-0.25, -0.2) is 0 Å². The second-order valence-corrected chi connectivity index (χ2v) is 5.12. The molecule has 5 N–H and O–H groups in total. The molecule has 0 aromatic carbocycles. The maximum Gasteiger partial charge on any atom is 0.257 e. The van der Waals surface area contributed by atoms with Crippen molar-refractivity contribution in [1.82, 2.24) is 10.3 Å². The summed E-state index contributed by atoms with van der Waals surface area (Å²) in [5.41, 5.74) is 5.19. The van der Waals surface area contributed by atoms with Gasteiger partial charge in [-0.05, 0) is 19.8 Å². The van der Waals surface area contributed by atoms with E-state index >= 15 is 0 Å². The molecule has 1 aliphatic rings. The fourth-order valence-corrected chi connectivity index (χ4v) is 2.55. The highest BCUT2D eigenvalue weighted by molar-refractivity contribution is 6.00. The molecule has 7 nitrogen and oxygen atoms in total. The number of nitrogens with one attached hydrogen (secondary N) is 2. The summed E-state index contributed by atoms with van der Waals surface area (Å²) < 4.78 is 0. The summed E-state index contributed by atoms with van der Waals surface area (Å²) in [7, 11) is 0. The molecule has 0 bridgehead atoms. The average molecular weight is 278 g/mol. The summed E-state index contributed by atoms with van der Waals surface area (Å²) in [5, 5.41) is 14.6. The Bertz CT molecular complexity index is 600. The Morgan fingerprint density at radius 1 is 1.50 bits per heavy atom. The second-order valence-electron chi connectivity index (χ2n) is 5.12. The Kier molecular flexibility index (Phi) is 3.78. The Labute approximate surface area is 115 Å². The zero-order valence-electron chi connectivity index (χ0n) is 11.3. The lowest BCUT2D eigenvalue weighted by Crippen LogP contribution is -2.56. The molecule has 0 atom stereocenters. The van der Waals surface area contributed by atoms with Crippen molar-refractivity contribution in [3.05, 3.63) is 33.7 Å². The number of aromatic amines is 1. The summed E-state index contributed by atoms with van der Waals surface area (Å²) >= 11 is 0. The molecule has 0 spiro atoms. The lowest BCUT2D eigenvalue weighted by molar-refractivity contribution is 0.0921. The van der Waals surface area contributed by atoms with Crippen LogP contribution in [-0.4, -0.2) is 27.5 Å². The van der Waals surface area contributed by atoms with Crippen molar-refractivity contribution >= 4 is 11.7 Å². The maximum atomic E-state index is 12.2. The zero-order valence-corrected chi connectivity index (χ0v) is 11.3. The highest BCUT2D eigenvalue weighted by atomic mass is 16.4. The number of aromatic nitrogens is 1. The smallest absolute Gasteiger partial charge is 0.257 e. The van der Waals surface area contributed by atoms with Gasteiger partial charge in [-0.1, -0.05) is 18.0 Å². The Morgan fingerprint density at radius 2 is 2.15 bits per heavy atom. The average Bonchev–Trinajstić information content (AvgIpc) is 2.87. The fourth-order valence-electron chi connectivity index (χ4n) is 2.55. The monoisotopic (exact) mass is 278 g/mol. The number of rotatable bonds is 3. The first kappa shape index (κ1) is 14.1. The summed E-state index contributed by atoms with van der Waals surface area (Å²) in [6.07, 6.45) is 4.32. The summed E-state index contributed by atoms with van der Waals surface area (Å²) in [5.74, 6) is -0.536. The summed E-state index contributed by atoms with van der Waals surface area (Å²) in [4.78, 5) is 26.9. The number of carbonyl (C=O) groups excluding carboxylic acids is 1. The highest BCUT2D eigenvalue weighted by Crippen LogP contribution is 2.30. The van der Waals surface area contributed by atoms with Crippen LogP contribution in [0.1, 0.15) is 41.7 Å². The van der Waals surface area contributed by atoms with Crippen LogP contribution in [0.4, 0.5) is 0 Å². The quantitative estimate of drug-likeness (QED) is 0.278. The normalized spacial score (nSPS) is 17.9. The van der Waals surface area contributed by atoms with Crippen LogP contribution in [0.5, 0.6) is 0 Å². The molecule has 1 heterocycles. The zero-order chi connectivity index (χ0) is 14.8. The van der Waals surface area contributed by atoms with Crippen LogP contribution in [0.2, 0.25) is 0 Å². The van der Waals surface area contributed by atoms with E-state index in [1.165, 1.54) is 12.3 Å². The van der Waals surface area contributed by atoms with Gasteiger partial charge in [0.1, 0.15) is 11.1 Å². The second kappa shape index (κ2) is 5.36. The SMILES string of the molecule is Cc1cc(=O)c(C(=O)NC2(C(N)=NO)CCCC2)c[nH]1. The van der Waals surface area contributed by atoms with Gasteiger partial charge in [-0.3, -0.25) is 9.59 Å². The van der Waals surface area contributed by atoms with E-state index in [0.29, 0.717) is 18.5 Å². The van der Waals surface area contributed by atoms with E-state index in [2.05, 4.69) is 15.5 Å². The number of oxime groups is 1. The molecule has 0 radical (unpaired) electrons. The predicted octanol–water partition coefficient (Wildman–Crippen LogP) is 0.472.